The number of halogens is 4. The number of nitrogens with one attached hydrogen (secondary N) is 2. The minimum Gasteiger partial charge on any atom is -0.475 e. The van der Waals surface area contributed by atoms with E-state index in [1.165, 1.54) is 24.3 Å². The summed E-state index contributed by atoms with van der Waals surface area (Å²) in [7, 11) is 0. The van der Waals surface area contributed by atoms with Gasteiger partial charge < -0.3 is 15.7 Å². The minimum atomic E-state index is -5.08. The highest BCUT2D eigenvalue weighted by molar-refractivity contribution is 5.93. The Hall–Kier alpha value is -3.55. The van der Waals surface area contributed by atoms with E-state index in [0.29, 0.717) is 48.6 Å². The quantitative estimate of drug-likeness (QED) is 0.391. The molecule has 1 aliphatic carbocycles. The molecule has 1 aliphatic heterocycles. The summed E-state index contributed by atoms with van der Waals surface area (Å²) in [6.45, 7) is 3.14. The van der Waals surface area contributed by atoms with Gasteiger partial charge in [-0.15, -0.1) is 0 Å². The lowest BCUT2D eigenvalue weighted by atomic mass is 9.95. The summed E-state index contributed by atoms with van der Waals surface area (Å²) < 4.78 is 45.4. The highest BCUT2D eigenvalue weighted by atomic mass is 19.4. The molecule has 39 heavy (non-hydrogen) atoms. The first-order valence-electron chi connectivity index (χ1n) is 12.8. The van der Waals surface area contributed by atoms with Crippen LogP contribution in [0.3, 0.4) is 0 Å². The normalized spacial score (nSPS) is 16.7. The molecule has 14 heteroatoms. The maximum atomic E-state index is 13.7. The molecule has 0 spiro atoms. The molecule has 214 valence electrons. The van der Waals surface area contributed by atoms with Crippen LogP contribution in [0.1, 0.15) is 62.2 Å². The highest BCUT2D eigenvalue weighted by Gasteiger charge is 2.38. The molecule has 0 radical (unpaired) electrons. The van der Waals surface area contributed by atoms with E-state index < -0.39 is 18.3 Å². The van der Waals surface area contributed by atoms with Gasteiger partial charge >= 0.3 is 12.1 Å². The molecule has 3 heterocycles. The third-order valence-corrected chi connectivity index (χ3v) is 6.17. The molecular formula is C25H32F4N6O4. The predicted octanol–water partition coefficient (Wildman–Crippen LogP) is 4.85. The lowest BCUT2D eigenvalue weighted by Gasteiger charge is -2.24. The van der Waals surface area contributed by atoms with Gasteiger partial charge in [-0.3, -0.25) is 14.6 Å². The Morgan fingerprint density at radius 1 is 1.15 bits per heavy atom. The third-order valence-electron chi connectivity index (χ3n) is 6.17. The second-order valence-electron chi connectivity index (χ2n) is 9.15. The fraction of sp³-hybridized carbons (Fsp3) is 0.560. The highest BCUT2D eigenvalue weighted by Crippen LogP contribution is 2.29. The Labute approximate surface area is 223 Å². The summed E-state index contributed by atoms with van der Waals surface area (Å²) in [5.74, 6) is -1.88. The van der Waals surface area contributed by atoms with Crippen molar-refractivity contribution in [1.82, 2.24) is 20.0 Å². The number of alkyl halides is 4. The van der Waals surface area contributed by atoms with Crippen LogP contribution in [0.25, 0.3) is 11.3 Å². The van der Waals surface area contributed by atoms with Gasteiger partial charge in [0.1, 0.15) is 12.0 Å². The first-order chi connectivity index (χ1) is 18.6. The summed E-state index contributed by atoms with van der Waals surface area (Å²) in [4.78, 5) is 40.3. The van der Waals surface area contributed by atoms with Crippen LogP contribution in [0.15, 0.2) is 24.5 Å². The number of hydrogen-bond acceptors (Lipinski definition) is 8. The summed E-state index contributed by atoms with van der Waals surface area (Å²) in [5, 5.41) is 15.0. The monoisotopic (exact) mass is 556 g/mol. The number of nitrogens with zero attached hydrogens (tertiary/aromatic N) is 4. The largest absolute Gasteiger partial charge is 0.490 e. The summed E-state index contributed by atoms with van der Waals surface area (Å²) in [6, 6.07) is 3.89. The van der Waals surface area contributed by atoms with Gasteiger partial charge in [-0.2, -0.15) is 18.2 Å². The van der Waals surface area contributed by atoms with Crippen molar-refractivity contribution in [3.05, 3.63) is 30.1 Å². The van der Waals surface area contributed by atoms with Gasteiger partial charge in [0.15, 0.2) is 0 Å². The smallest absolute Gasteiger partial charge is 0.475 e. The van der Waals surface area contributed by atoms with Gasteiger partial charge in [0.25, 0.3) is 5.91 Å². The van der Waals surface area contributed by atoms with Gasteiger partial charge in [0.05, 0.1) is 30.0 Å². The SMILES string of the molecule is CCC(F)CNc1ncc(-c2ccc(C(=O)N3CCCO3)cn2)c(NC2CCCCC2)n1.O=C(O)C(F)(F)F. The minimum absolute atomic E-state index is 0.173. The standard InChI is InChI=1S/C23H31FN6O2.C2HF3O2/c1-2-17(24)14-26-23-27-15-19(21(29-23)28-18-7-4-3-5-8-18)20-10-9-16(13-25-20)22(31)30-11-6-12-32-30;3-2(4,5)1(6)7/h9-10,13,15,17-18H,2-8,11-12,14H2,1H3,(H2,26,27,28,29);(H,6,7). The molecule has 0 bridgehead atoms. The molecule has 0 aromatic carbocycles. The number of pyridine rings is 1. The average Bonchev–Trinajstić information content (AvgIpc) is 3.47. The van der Waals surface area contributed by atoms with Crippen molar-refractivity contribution < 1.29 is 37.1 Å². The zero-order valence-electron chi connectivity index (χ0n) is 21.5. The first kappa shape index (κ1) is 30.0. The Morgan fingerprint density at radius 2 is 1.87 bits per heavy atom. The van der Waals surface area contributed by atoms with E-state index in [-0.39, 0.29) is 12.5 Å². The van der Waals surface area contributed by atoms with Crippen LogP contribution in [-0.4, -0.2) is 75.1 Å². The molecule has 10 nitrogen and oxygen atoms in total. The van der Waals surface area contributed by atoms with Gasteiger partial charge in [-0.05, 0) is 37.8 Å². The number of amides is 1. The number of rotatable bonds is 8. The lowest BCUT2D eigenvalue weighted by molar-refractivity contribution is -0.192. The number of aliphatic carboxylic acids is 1. The van der Waals surface area contributed by atoms with Crippen molar-refractivity contribution in [1.29, 1.82) is 0 Å². The Morgan fingerprint density at radius 3 is 2.44 bits per heavy atom. The van der Waals surface area contributed by atoms with Crippen LogP contribution < -0.4 is 10.6 Å². The van der Waals surface area contributed by atoms with E-state index in [1.54, 1.807) is 24.5 Å². The Bertz CT molecular complexity index is 1090. The molecule has 1 saturated carbocycles. The molecule has 2 aromatic rings. The van der Waals surface area contributed by atoms with E-state index in [9.17, 15) is 22.4 Å². The van der Waals surface area contributed by atoms with Gasteiger partial charge in [-0.25, -0.2) is 19.2 Å². The Balaban J connectivity index is 0.000000532. The zero-order chi connectivity index (χ0) is 28.4. The van der Waals surface area contributed by atoms with Crippen molar-refractivity contribution in [3.8, 4) is 11.3 Å². The number of anilines is 2. The molecule has 3 N–H and O–H groups in total. The second kappa shape index (κ2) is 14.0. The fourth-order valence-corrected chi connectivity index (χ4v) is 3.98. The number of carbonyl (C=O) groups excluding carboxylic acids is 1. The number of aromatic nitrogens is 3. The fourth-order valence-electron chi connectivity index (χ4n) is 3.98. The average molecular weight is 557 g/mol. The molecular weight excluding hydrogens is 524 g/mol. The van der Waals surface area contributed by atoms with E-state index in [0.717, 1.165) is 24.8 Å². The van der Waals surface area contributed by atoms with Gasteiger partial charge in [0, 0.05) is 25.0 Å². The summed E-state index contributed by atoms with van der Waals surface area (Å²) >= 11 is 0. The van der Waals surface area contributed by atoms with Gasteiger partial charge in [-0.1, -0.05) is 26.2 Å². The van der Waals surface area contributed by atoms with E-state index >= 15 is 0 Å². The number of hydroxylamine groups is 2. The molecule has 1 saturated heterocycles. The molecule has 1 unspecified atom stereocenters. The van der Waals surface area contributed by atoms with E-state index in [4.69, 9.17) is 14.7 Å². The Kier molecular flexibility index (Phi) is 10.8. The molecule has 4 rings (SSSR count). The van der Waals surface area contributed by atoms with Crippen LogP contribution in [0.4, 0.5) is 29.3 Å². The van der Waals surface area contributed by atoms with Crippen LogP contribution in [0, 0.1) is 0 Å². The van der Waals surface area contributed by atoms with Crippen LogP contribution >= 0.6 is 0 Å². The maximum Gasteiger partial charge on any atom is 0.490 e. The number of carbonyl (C=O) groups is 2. The molecule has 2 fully saturated rings. The molecule has 1 atom stereocenters. The number of hydrogen-bond donors (Lipinski definition) is 3. The number of carboxylic acids is 1. The van der Waals surface area contributed by atoms with Crippen molar-refractivity contribution in [3.63, 3.8) is 0 Å². The lowest BCUT2D eigenvalue weighted by Crippen LogP contribution is -2.26. The molecule has 2 aromatic heterocycles. The van der Waals surface area contributed by atoms with Crippen molar-refractivity contribution in [2.24, 2.45) is 0 Å². The third kappa shape index (κ3) is 9.01. The van der Waals surface area contributed by atoms with Crippen LogP contribution in [0.5, 0.6) is 0 Å². The maximum absolute atomic E-state index is 13.7. The zero-order valence-corrected chi connectivity index (χ0v) is 21.5. The summed E-state index contributed by atoms with van der Waals surface area (Å²) in [6.07, 6.45) is 4.33. The molecule has 1 amide bonds. The van der Waals surface area contributed by atoms with Crippen LogP contribution in [-0.2, 0) is 9.63 Å². The van der Waals surface area contributed by atoms with Crippen molar-refractivity contribution in [2.45, 2.75) is 70.3 Å². The van der Waals surface area contributed by atoms with E-state index in [2.05, 4.69) is 25.6 Å². The second-order valence-corrected chi connectivity index (χ2v) is 9.15. The van der Waals surface area contributed by atoms with Crippen LogP contribution in [0.2, 0.25) is 0 Å². The predicted molar refractivity (Wildman–Crippen MR) is 135 cm³/mol. The molecule has 2 aliphatic rings. The van der Waals surface area contributed by atoms with E-state index in [1.807, 2.05) is 6.92 Å². The first-order valence-corrected chi connectivity index (χ1v) is 12.8. The summed E-state index contributed by atoms with van der Waals surface area (Å²) in [5.41, 5.74) is 1.90. The van der Waals surface area contributed by atoms with Crippen molar-refractivity contribution in [2.75, 3.05) is 30.3 Å². The number of carboxylic acid groups (broad SMARTS) is 1. The van der Waals surface area contributed by atoms with Gasteiger partial charge in [0.2, 0.25) is 5.95 Å². The topological polar surface area (TPSA) is 130 Å². The van der Waals surface area contributed by atoms with Crippen molar-refractivity contribution >= 4 is 23.6 Å².